The van der Waals surface area contributed by atoms with E-state index in [1.165, 1.54) is 24.2 Å². The molecule has 2 aliphatic rings. The van der Waals surface area contributed by atoms with E-state index in [9.17, 15) is 19.5 Å². The van der Waals surface area contributed by atoms with Crippen LogP contribution in [0.2, 0.25) is 0 Å². The first kappa shape index (κ1) is 20.8. The van der Waals surface area contributed by atoms with Crippen molar-refractivity contribution in [2.45, 2.75) is 31.7 Å². The lowest BCUT2D eigenvalue weighted by Gasteiger charge is -2.51. The number of nitrogens with zero attached hydrogens (tertiary/aromatic N) is 1. The number of nitrogens with one attached hydrogen (secondary N) is 1. The second-order valence-electron chi connectivity index (χ2n) is 6.12. The molecule has 8 heteroatoms. The molecule has 2 heterocycles. The highest BCUT2D eigenvalue weighted by Crippen LogP contribution is 2.39. The highest BCUT2D eigenvalue weighted by Gasteiger charge is 2.45. The van der Waals surface area contributed by atoms with Crippen LogP contribution in [0.25, 0.3) is 0 Å². The normalized spacial score (nSPS) is 20.4. The quantitative estimate of drug-likeness (QED) is 0.561. The molecule has 1 aromatic rings. The van der Waals surface area contributed by atoms with Gasteiger partial charge in [-0.05, 0) is 12.0 Å². The zero-order valence-corrected chi connectivity index (χ0v) is 16.2. The van der Waals surface area contributed by atoms with Crippen molar-refractivity contribution in [3.05, 3.63) is 47.2 Å². The van der Waals surface area contributed by atoms with E-state index < -0.39 is 11.9 Å². The number of carboxylic acids is 1. The van der Waals surface area contributed by atoms with Gasteiger partial charge in [0.2, 0.25) is 6.41 Å². The summed E-state index contributed by atoms with van der Waals surface area (Å²) in [5, 5.41) is 11.9. The van der Waals surface area contributed by atoms with Gasteiger partial charge in [-0.15, -0.1) is 11.8 Å². The van der Waals surface area contributed by atoms with Gasteiger partial charge in [0.25, 0.3) is 0 Å². The maximum Gasteiger partial charge on any atom is 0.352 e. The summed E-state index contributed by atoms with van der Waals surface area (Å²) in [5.74, 6) is -0.988. The number of rotatable bonds is 6. The molecular weight excluding hydrogens is 368 g/mol. The maximum absolute atomic E-state index is 11.3. The zero-order valence-electron chi connectivity index (χ0n) is 15.4. The van der Waals surface area contributed by atoms with Crippen molar-refractivity contribution in [3.63, 3.8) is 0 Å². The number of amides is 1. The molecule has 1 fully saturated rings. The Morgan fingerprint density at radius 1 is 1.37 bits per heavy atom. The third-order valence-electron chi connectivity index (χ3n) is 4.28. The number of benzene rings is 1. The molecule has 2 unspecified atom stereocenters. The molecule has 3 rings (SSSR count). The molecule has 0 aliphatic carbocycles. The molecule has 0 radical (unpaired) electrons. The number of hydrogen-bond acceptors (Lipinski definition) is 6. The van der Waals surface area contributed by atoms with E-state index in [1.54, 1.807) is 4.90 Å². The van der Waals surface area contributed by atoms with Crippen LogP contribution < -0.4 is 5.32 Å². The van der Waals surface area contributed by atoms with Crippen LogP contribution in [0.3, 0.4) is 0 Å². The van der Waals surface area contributed by atoms with Crippen molar-refractivity contribution in [3.8, 4) is 0 Å². The highest BCUT2D eigenvalue weighted by atomic mass is 32.2. The van der Waals surface area contributed by atoms with E-state index in [2.05, 4.69) is 36.5 Å². The molecule has 7 nitrogen and oxygen atoms in total. The van der Waals surface area contributed by atoms with Crippen molar-refractivity contribution in [2.75, 3.05) is 18.9 Å². The minimum atomic E-state index is -1.03. The number of carbonyl (C=O) groups is 3. The van der Waals surface area contributed by atoms with Crippen molar-refractivity contribution in [2.24, 2.45) is 0 Å². The minimum Gasteiger partial charge on any atom is -0.477 e. The van der Waals surface area contributed by atoms with E-state index in [-0.39, 0.29) is 23.7 Å². The Morgan fingerprint density at radius 3 is 2.59 bits per heavy atom. The Labute approximate surface area is 162 Å². The molecule has 146 valence electrons. The van der Waals surface area contributed by atoms with Gasteiger partial charge in [0, 0.05) is 24.8 Å². The van der Waals surface area contributed by atoms with Crippen molar-refractivity contribution in [1.82, 2.24) is 10.2 Å². The fourth-order valence-corrected chi connectivity index (χ4v) is 4.24. The highest BCUT2D eigenvalue weighted by molar-refractivity contribution is 8.00. The van der Waals surface area contributed by atoms with E-state index in [0.717, 1.165) is 6.42 Å². The van der Waals surface area contributed by atoms with Gasteiger partial charge in [0.1, 0.15) is 12.3 Å². The Kier molecular flexibility index (Phi) is 7.72. The first-order chi connectivity index (χ1) is 13.0. The fraction of sp³-hybridized carbons (Fsp3) is 0.421. The summed E-state index contributed by atoms with van der Waals surface area (Å²) in [4.78, 5) is 34.3. The standard InChI is InChI=1S/C11H14N2O5S.C8H10/c1-6(15)18-3-7-4-19-10-8(12-5-14)2-13(10)9(7)11(16)17;1-2-8-6-4-3-5-7-8/h5,8,10H,2-4H2,1H3,(H,12,14)(H,16,17);3-7H,2H2,1H3. The van der Waals surface area contributed by atoms with Crippen LogP contribution in [0.5, 0.6) is 0 Å². The summed E-state index contributed by atoms with van der Waals surface area (Å²) >= 11 is 1.53. The lowest BCUT2D eigenvalue weighted by Crippen LogP contribution is -2.65. The van der Waals surface area contributed by atoms with Crippen LogP contribution in [-0.4, -0.2) is 58.7 Å². The number of thioether (sulfide) groups is 1. The topological polar surface area (TPSA) is 95.9 Å². The van der Waals surface area contributed by atoms with E-state index in [0.29, 0.717) is 24.3 Å². The van der Waals surface area contributed by atoms with Gasteiger partial charge in [-0.3, -0.25) is 9.59 Å². The van der Waals surface area contributed by atoms with Crippen molar-refractivity contribution < 1.29 is 24.2 Å². The van der Waals surface area contributed by atoms with Gasteiger partial charge in [0.05, 0.1) is 11.4 Å². The monoisotopic (exact) mass is 392 g/mol. The largest absolute Gasteiger partial charge is 0.477 e. The maximum atomic E-state index is 11.3. The average molecular weight is 392 g/mol. The summed E-state index contributed by atoms with van der Waals surface area (Å²) in [7, 11) is 0. The predicted octanol–water partition coefficient (Wildman–Crippen LogP) is 1.64. The van der Waals surface area contributed by atoms with Gasteiger partial charge in [-0.25, -0.2) is 4.79 Å². The molecule has 2 aliphatic heterocycles. The minimum absolute atomic E-state index is 0.00103. The second-order valence-corrected chi connectivity index (χ2v) is 7.23. The molecule has 2 atom stereocenters. The predicted molar refractivity (Wildman–Crippen MR) is 103 cm³/mol. The number of fused-ring (bicyclic) bond motifs is 1. The number of aliphatic carboxylic acids is 1. The molecule has 0 spiro atoms. The Bertz CT molecular complexity index is 707. The molecule has 1 amide bonds. The number of ether oxygens (including phenoxy) is 1. The van der Waals surface area contributed by atoms with E-state index in [1.807, 2.05) is 6.07 Å². The summed E-state index contributed by atoms with van der Waals surface area (Å²) in [6.45, 7) is 3.91. The number of carbonyl (C=O) groups excluding carboxylic acids is 2. The van der Waals surface area contributed by atoms with Gasteiger partial charge in [-0.1, -0.05) is 37.3 Å². The zero-order chi connectivity index (χ0) is 19.8. The molecular formula is C19H24N2O5S. The number of hydrogen-bond donors (Lipinski definition) is 2. The van der Waals surface area contributed by atoms with E-state index >= 15 is 0 Å². The van der Waals surface area contributed by atoms with Gasteiger partial charge < -0.3 is 20.1 Å². The summed E-state index contributed by atoms with van der Waals surface area (Å²) < 4.78 is 4.87. The number of carboxylic acid groups (broad SMARTS) is 1. The van der Waals surface area contributed by atoms with Crippen LogP contribution in [-0.2, 0) is 25.5 Å². The summed E-state index contributed by atoms with van der Waals surface area (Å²) in [5.41, 5.74) is 2.19. The molecule has 1 aromatic carbocycles. The first-order valence-electron chi connectivity index (χ1n) is 8.68. The average Bonchev–Trinajstić information content (AvgIpc) is 2.65. The van der Waals surface area contributed by atoms with Crippen LogP contribution in [0.1, 0.15) is 19.4 Å². The fourth-order valence-electron chi connectivity index (χ4n) is 2.88. The lowest BCUT2D eigenvalue weighted by atomic mass is 10.0. The van der Waals surface area contributed by atoms with Crippen molar-refractivity contribution >= 4 is 30.1 Å². The van der Waals surface area contributed by atoms with Gasteiger partial charge in [-0.2, -0.15) is 0 Å². The Hall–Kier alpha value is -2.48. The summed E-state index contributed by atoms with van der Waals surface area (Å²) in [6.07, 6.45) is 1.77. The molecule has 0 bridgehead atoms. The van der Waals surface area contributed by atoms with Crippen LogP contribution >= 0.6 is 11.8 Å². The Morgan fingerprint density at radius 2 is 2.07 bits per heavy atom. The molecule has 2 N–H and O–H groups in total. The second kappa shape index (κ2) is 10.0. The van der Waals surface area contributed by atoms with Gasteiger partial charge in [0.15, 0.2) is 0 Å². The molecule has 0 saturated carbocycles. The smallest absolute Gasteiger partial charge is 0.352 e. The molecule has 0 aromatic heterocycles. The third-order valence-corrected chi connectivity index (χ3v) is 5.72. The number of esters is 1. The summed E-state index contributed by atoms with van der Waals surface area (Å²) in [6, 6.07) is 10.4. The Balaban J connectivity index is 0.000000273. The van der Waals surface area contributed by atoms with Crippen LogP contribution in [0, 0.1) is 0 Å². The molecule has 1 saturated heterocycles. The van der Waals surface area contributed by atoms with Crippen molar-refractivity contribution in [1.29, 1.82) is 0 Å². The molecule has 27 heavy (non-hydrogen) atoms. The van der Waals surface area contributed by atoms with Crippen LogP contribution in [0.15, 0.2) is 41.6 Å². The SMILES string of the molecule is CC(=O)OCC1=C(C(=O)O)N2CC(NC=O)C2SC1.CCc1ccccc1. The van der Waals surface area contributed by atoms with E-state index in [4.69, 9.17) is 4.74 Å². The van der Waals surface area contributed by atoms with Gasteiger partial charge >= 0.3 is 11.9 Å². The third kappa shape index (κ3) is 5.50. The van der Waals surface area contributed by atoms with Crippen LogP contribution in [0.4, 0.5) is 0 Å². The lowest BCUT2D eigenvalue weighted by molar-refractivity contribution is -0.141. The first-order valence-corrected chi connectivity index (χ1v) is 9.73. The number of aryl methyl sites for hydroxylation is 1.